The minimum atomic E-state index is -0.297. The minimum Gasteiger partial charge on any atom is -0.481 e. The van der Waals surface area contributed by atoms with E-state index in [9.17, 15) is 5.11 Å². The maximum absolute atomic E-state index is 9.70. The number of hydrogen-bond donors (Lipinski definition) is 1. The summed E-state index contributed by atoms with van der Waals surface area (Å²) in [5, 5.41) is 9.70. The van der Waals surface area contributed by atoms with Crippen LogP contribution in [0, 0.1) is 0 Å². The monoisotopic (exact) mass is 193 g/mol. The van der Waals surface area contributed by atoms with Crippen LogP contribution in [0.3, 0.4) is 0 Å². The first-order chi connectivity index (χ1) is 6.69. The molecule has 0 radical (unpaired) electrons. The molecule has 1 N–H and O–H groups in total. The lowest BCUT2D eigenvalue weighted by atomic mass is 9.92. The van der Waals surface area contributed by atoms with Crippen LogP contribution in [0.2, 0.25) is 0 Å². The Morgan fingerprint density at radius 2 is 2.29 bits per heavy atom. The van der Waals surface area contributed by atoms with E-state index in [-0.39, 0.29) is 11.5 Å². The SMILES string of the molecule is COc1cc(C2(C(C)O)CC2)ccn1. The lowest BCUT2D eigenvalue weighted by Crippen LogP contribution is -2.22. The Bertz CT molecular complexity index is 332. The van der Waals surface area contributed by atoms with Crippen LogP contribution >= 0.6 is 0 Å². The summed E-state index contributed by atoms with van der Waals surface area (Å²) < 4.78 is 5.06. The highest BCUT2D eigenvalue weighted by Crippen LogP contribution is 2.51. The molecule has 3 nitrogen and oxygen atoms in total. The molecular formula is C11H15NO2. The van der Waals surface area contributed by atoms with Crippen LogP contribution in [0.4, 0.5) is 0 Å². The molecule has 76 valence electrons. The zero-order chi connectivity index (χ0) is 10.2. The van der Waals surface area contributed by atoms with Crippen molar-refractivity contribution in [3.63, 3.8) is 0 Å². The molecular weight excluding hydrogens is 178 g/mol. The van der Waals surface area contributed by atoms with Crippen LogP contribution < -0.4 is 4.74 Å². The van der Waals surface area contributed by atoms with E-state index < -0.39 is 0 Å². The molecule has 1 saturated carbocycles. The lowest BCUT2D eigenvalue weighted by Gasteiger charge is -2.19. The van der Waals surface area contributed by atoms with Gasteiger partial charge in [-0.15, -0.1) is 0 Å². The first-order valence-corrected chi connectivity index (χ1v) is 4.87. The van der Waals surface area contributed by atoms with E-state index in [1.54, 1.807) is 13.3 Å². The van der Waals surface area contributed by atoms with E-state index in [0.29, 0.717) is 5.88 Å². The van der Waals surface area contributed by atoms with E-state index in [4.69, 9.17) is 4.74 Å². The molecule has 0 aliphatic heterocycles. The highest BCUT2D eigenvalue weighted by molar-refractivity contribution is 5.34. The van der Waals surface area contributed by atoms with Crippen molar-refractivity contribution in [2.75, 3.05) is 7.11 Å². The zero-order valence-corrected chi connectivity index (χ0v) is 8.53. The molecule has 0 saturated heterocycles. The quantitative estimate of drug-likeness (QED) is 0.791. The highest BCUT2D eigenvalue weighted by Gasteiger charge is 2.48. The molecule has 2 rings (SSSR count). The summed E-state index contributed by atoms with van der Waals surface area (Å²) in [7, 11) is 1.61. The molecule has 1 aromatic rings. The van der Waals surface area contributed by atoms with Gasteiger partial charge in [0.05, 0.1) is 13.2 Å². The second-order valence-electron chi connectivity index (χ2n) is 3.92. The van der Waals surface area contributed by atoms with Crippen molar-refractivity contribution >= 4 is 0 Å². The first kappa shape index (κ1) is 9.46. The van der Waals surface area contributed by atoms with Crippen LogP contribution in [0.5, 0.6) is 5.88 Å². The van der Waals surface area contributed by atoms with Gasteiger partial charge in [0.25, 0.3) is 0 Å². The van der Waals surface area contributed by atoms with Crippen molar-refractivity contribution in [1.29, 1.82) is 0 Å². The van der Waals surface area contributed by atoms with Gasteiger partial charge >= 0.3 is 0 Å². The van der Waals surface area contributed by atoms with Gasteiger partial charge in [0, 0.05) is 17.7 Å². The summed E-state index contributed by atoms with van der Waals surface area (Å²) in [5.41, 5.74) is 1.11. The highest BCUT2D eigenvalue weighted by atomic mass is 16.5. The van der Waals surface area contributed by atoms with Crippen LogP contribution in [0.1, 0.15) is 25.3 Å². The Balaban J connectivity index is 2.32. The number of ether oxygens (including phenoxy) is 1. The van der Waals surface area contributed by atoms with Gasteiger partial charge in [-0.05, 0) is 31.4 Å². The molecule has 0 aromatic carbocycles. The average Bonchev–Trinajstić information content (AvgIpc) is 2.98. The standard InChI is InChI=1S/C11H15NO2/c1-8(13)11(4-5-11)9-3-6-12-10(7-9)14-2/h3,6-8,13H,4-5H2,1-2H3. The maximum atomic E-state index is 9.70. The summed E-state index contributed by atoms with van der Waals surface area (Å²) in [4.78, 5) is 4.05. The average molecular weight is 193 g/mol. The van der Waals surface area contributed by atoms with Crippen LogP contribution in [0.15, 0.2) is 18.3 Å². The van der Waals surface area contributed by atoms with Gasteiger partial charge in [-0.2, -0.15) is 0 Å². The molecule has 1 heterocycles. The van der Waals surface area contributed by atoms with Crippen LogP contribution in [-0.4, -0.2) is 23.3 Å². The van der Waals surface area contributed by atoms with Gasteiger partial charge in [-0.25, -0.2) is 4.98 Å². The molecule has 0 amide bonds. The number of aromatic nitrogens is 1. The Morgan fingerprint density at radius 1 is 1.57 bits per heavy atom. The van der Waals surface area contributed by atoms with Gasteiger partial charge in [0.15, 0.2) is 0 Å². The van der Waals surface area contributed by atoms with E-state index >= 15 is 0 Å². The first-order valence-electron chi connectivity index (χ1n) is 4.87. The second-order valence-corrected chi connectivity index (χ2v) is 3.92. The van der Waals surface area contributed by atoms with Crippen LogP contribution in [-0.2, 0) is 5.41 Å². The van der Waals surface area contributed by atoms with Crippen molar-refractivity contribution in [3.8, 4) is 5.88 Å². The molecule has 1 aromatic heterocycles. The fraction of sp³-hybridized carbons (Fsp3) is 0.545. The van der Waals surface area contributed by atoms with Gasteiger partial charge < -0.3 is 9.84 Å². The molecule has 1 unspecified atom stereocenters. The maximum Gasteiger partial charge on any atom is 0.213 e. The number of rotatable bonds is 3. The second kappa shape index (κ2) is 3.24. The molecule has 14 heavy (non-hydrogen) atoms. The predicted octanol–water partition coefficient (Wildman–Crippen LogP) is 1.50. The third kappa shape index (κ3) is 1.38. The minimum absolute atomic E-state index is 0.0315. The number of nitrogens with zero attached hydrogens (tertiary/aromatic N) is 1. The number of aliphatic hydroxyl groups excluding tert-OH is 1. The van der Waals surface area contributed by atoms with E-state index in [1.807, 2.05) is 19.1 Å². The summed E-state index contributed by atoms with van der Waals surface area (Å²) in [6, 6.07) is 3.88. The Labute approximate surface area is 83.7 Å². The summed E-state index contributed by atoms with van der Waals surface area (Å²) in [6.07, 6.45) is 3.54. The third-order valence-electron chi connectivity index (χ3n) is 3.11. The van der Waals surface area contributed by atoms with Crippen molar-refractivity contribution in [1.82, 2.24) is 4.98 Å². The van der Waals surface area contributed by atoms with Crippen molar-refractivity contribution in [2.24, 2.45) is 0 Å². The van der Waals surface area contributed by atoms with Crippen LogP contribution in [0.25, 0.3) is 0 Å². The Hall–Kier alpha value is -1.09. The summed E-state index contributed by atoms with van der Waals surface area (Å²) in [6.45, 7) is 1.85. The van der Waals surface area contributed by atoms with Crippen molar-refractivity contribution in [2.45, 2.75) is 31.3 Å². The molecule has 1 aliphatic carbocycles. The van der Waals surface area contributed by atoms with E-state index in [1.165, 1.54) is 0 Å². The third-order valence-corrected chi connectivity index (χ3v) is 3.11. The number of methoxy groups -OCH3 is 1. The molecule has 1 atom stereocenters. The fourth-order valence-corrected chi connectivity index (χ4v) is 1.91. The number of aliphatic hydroxyl groups is 1. The van der Waals surface area contributed by atoms with Gasteiger partial charge in [0.2, 0.25) is 5.88 Å². The molecule has 3 heteroatoms. The molecule has 0 bridgehead atoms. The zero-order valence-electron chi connectivity index (χ0n) is 8.53. The lowest BCUT2D eigenvalue weighted by molar-refractivity contribution is 0.150. The largest absolute Gasteiger partial charge is 0.481 e. The summed E-state index contributed by atoms with van der Waals surface area (Å²) >= 11 is 0. The molecule has 1 fully saturated rings. The topological polar surface area (TPSA) is 42.4 Å². The van der Waals surface area contributed by atoms with Crippen molar-refractivity contribution < 1.29 is 9.84 Å². The van der Waals surface area contributed by atoms with Gasteiger partial charge in [0.1, 0.15) is 0 Å². The van der Waals surface area contributed by atoms with Gasteiger partial charge in [-0.3, -0.25) is 0 Å². The summed E-state index contributed by atoms with van der Waals surface area (Å²) in [5.74, 6) is 0.620. The van der Waals surface area contributed by atoms with E-state index in [2.05, 4.69) is 4.98 Å². The number of pyridine rings is 1. The smallest absolute Gasteiger partial charge is 0.213 e. The normalized spacial score (nSPS) is 20.2. The van der Waals surface area contributed by atoms with E-state index in [0.717, 1.165) is 18.4 Å². The number of hydrogen-bond acceptors (Lipinski definition) is 3. The van der Waals surface area contributed by atoms with Gasteiger partial charge in [-0.1, -0.05) is 0 Å². The van der Waals surface area contributed by atoms with Crippen molar-refractivity contribution in [3.05, 3.63) is 23.9 Å². The Morgan fingerprint density at radius 3 is 2.79 bits per heavy atom. The fourth-order valence-electron chi connectivity index (χ4n) is 1.91. The molecule has 0 spiro atoms. The Kier molecular flexibility index (Phi) is 2.19. The predicted molar refractivity (Wildman–Crippen MR) is 53.4 cm³/mol. The molecule has 1 aliphatic rings.